The van der Waals surface area contributed by atoms with Crippen LogP contribution in [-0.4, -0.2) is 29.6 Å². The van der Waals surface area contributed by atoms with Gasteiger partial charge < -0.3 is 10.6 Å². The van der Waals surface area contributed by atoms with Crippen LogP contribution < -0.4 is 5.73 Å². The molecule has 3 nitrogen and oxygen atoms in total. The number of anilines is 1. The molecule has 1 aromatic rings. The lowest BCUT2D eigenvalue weighted by atomic mass is 10.3. The number of carbonyl (C=O) groups excluding carboxylic acids is 1. The van der Waals surface area contributed by atoms with Crippen molar-refractivity contribution in [1.29, 1.82) is 0 Å². The first-order valence-corrected chi connectivity index (χ1v) is 7.42. The van der Waals surface area contributed by atoms with Crippen LogP contribution in [0, 0.1) is 0 Å². The van der Waals surface area contributed by atoms with Crippen LogP contribution in [0.1, 0.15) is 26.7 Å². The second-order valence-electron chi connectivity index (χ2n) is 4.09. The first-order valence-electron chi connectivity index (χ1n) is 6.43. The molecule has 1 rings (SSSR count). The standard InChI is InChI=1S/C14H22N2OS/c1-3-16(4-2)14(17)6-5-11-18-13-9-7-12(15)8-10-13/h7-10H,3-6,11,15H2,1-2H3. The fourth-order valence-electron chi connectivity index (χ4n) is 1.71. The predicted molar refractivity (Wildman–Crippen MR) is 78.7 cm³/mol. The summed E-state index contributed by atoms with van der Waals surface area (Å²) < 4.78 is 0. The van der Waals surface area contributed by atoms with Gasteiger partial charge in [0.15, 0.2) is 0 Å². The lowest BCUT2D eigenvalue weighted by Crippen LogP contribution is -2.30. The van der Waals surface area contributed by atoms with E-state index in [2.05, 4.69) is 0 Å². The Balaban J connectivity index is 2.22. The van der Waals surface area contributed by atoms with E-state index in [1.807, 2.05) is 43.0 Å². The first-order chi connectivity index (χ1) is 8.67. The Morgan fingerprint density at radius 2 is 1.83 bits per heavy atom. The molecular weight excluding hydrogens is 244 g/mol. The molecule has 0 spiro atoms. The molecule has 0 saturated heterocycles. The van der Waals surface area contributed by atoms with Gasteiger partial charge in [0, 0.05) is 30.1 Å². The maximum absolute atomic E-state index is 11.8. The number of rotatable bonds is 7. The lowest BCUT2D eigenvalue weighted by Gasteiger charge is -2.18. The van der Waals surface area contributed by atoms with Gasteiger partial charge in [-0.3, -0.25) is 4.79 Å². The topological polar surface area (TPSA) is 46.3 Å². The number of thioether (sulfide) groups is 1. The Hall–Kier alpha value is -1.16. The number of nitrogen functional groups attached to an aromatic ring is 1. The summed E-state index contributed by atoms with van der Waals surface area (Å²) in [5.74, 6) is 1.23. The Bertz CT molecular complexity index is 361. The fraction of sp³-hybridized carbons (Fsp3) is 0.500. The van der Waals surface area contributed by atoms with Crippen LogP contribution in [0.25, 0.3) is 0 Å². The van der Waals surface area contributed by atoms with Gasteiger partial charge in [0.25, 0.3) is 0 Å². The molecule has 2 N–H and O–H groups in total. The Kier molecular flexibility index (Phi) is 6.65. The summed E-state index contributed by atoms with van der Waals surface area (Å²) in [6.45, 7) is 5.65. The lowest BCUT2D eigenvalue weighted by molar-refractivity contribution is -0.130. The number of hydrogen-bond donors (Lipinski definition) is 1. The van der Waals surface area contributed by atoms with E-state index in [1.54, 1.807) is 11.8 Å². The third-order valence-corrected chi connectivity index (χ3v) is 3.90. The highest BCUT2D eigenvalue weighted by Crippen LogP contribution is 2.20. The Morgan fingerprint density at radius 3 is 2.39 bits per heavy atom. The van der Waals surface area contributed by atoms with E-state index < -0.39 is 0 Å². The van der Waals surface area contributed by atoms with Crippen LogP contribution >= 0.6 is 11.8 Å². The molecular formula is C14H22N2OS. The van der Waals surface area contributed by atoms with Gasteiger partial charge in [-0.25, -0.2) is 0 Å². The van der Waals surface area contributed by atoms with Crippen molar-refractivity contribution in [3.8, 4) is 0 Å². The van der Waals surface area contributed by atoms with Crippen molar-refractivity contribution in [1.82, 2.24) is 4.90 Å². The average molecular weight is 266 g/mol. The van der Waals surface area contributed by atoms with Gasteiger partial charge in [-0.05, 0) is 50.3 Å². The van der Waals surface area contributed by atoms with Crippen LogP contribution in [0.5, 0.6) is 0 Å². The van der Waals surface area contributed by atoms with Crippen molar-refractivity contribution in [3.05, 3.63) is 24.3 Å². The van der Waals surface area contributed by atoms with Crippen LogP contribution in [0.4, 0.5) is 5.69 Å². The molecule has 0 aliphatic heterocycles. The average Bonchev–Trinajstić information content (AvgIpc) is 2.38. The third-order valence-electron chi connectivity index (χ3n) is 2.80. The minimum atomic E-state index is 0.262. The number of carbonyl (C=O) groups is 1. The summed E-state index contributed by atoms with van der Waals surface area (Å²) in [6, 6.07) is 7.85. The van der Waals surface area contributed by atoms with Crippen LogP contribution in [0.3, 0.4) is 0 Å². The summed E-state index contributed by atoms with van der Waals surface area (Å²) in [4.78, 5) is 14.9. The zero-order valence-corrected chi connectivity index (χ0v) is 12.0. The quantitative estimate of drug-likeness (QED) is 0.469. The molecule has 0 fully saturated rings. The largest absolute Gasteiger partial charge is 0.399 e. The molecule has 0 heterocycles. The molecule has 0 bridgehead atoms. The number of hydrogen-bond acceptors (Lipinski definition) is 3. The number of benzene rings is 1. The molecule has 1 aromatic carbocycles. The maximum atomic E-state index is 11.8. The molecule has 0 aliphatic carbocycles. The van der Waals surface area contributed by atoms with E-state index >= 15 is 0 Å². The van der Waals surface area contributed by atoms with Crippen molar-refractivity contribution in [3.63, 3.8) is 0 Å². The third kappa shape index (κ3) is 5.00. The fourth-order valence-corrected chi connectivity index (χ4v) is 2.56. The number of amides is 1. The van der Waals surface area contributed by atoms with E-state index in [-0.39, 0.29) is 5.91 Å². The molecule has 0 radical (unpaired) electrons. The number of nitrogens with zero attached hydrogens (tertiary/aromatic N) is 1. The van der Waals surface area contributed by atoms with Crippen LogP contribution in [-0.2, 0) is 4.79 Å². The molecule has 0 aliphatic rings. The molecule has 1 amide bonds. The molecule has 0 atom stereocenters. The van der Waals surface area contributed by atoms with Gasteiger partial charge >= 0.3 is 0 Å². The minimum Gasteiger partial charge on any atom is -0.399 e. The SMILES string of the molecule is CCN(CC)C(=O)CCCSc1ccc(N)cc1. The van der Waals surface area contributed by atoms with Crippen LogP contribution in [0.15, 0.2) is 29.2 Å². The van der Waals surface area contributed by atoms with Gasteiger partial charge in [0.2, 0.25) is 5.91 Å². The van der Waals surface area contributed by atoms with E-state index in [4.69, 9.17) is 5.73 Å². The van der Waals surface area contributed by atoms with Crippen molar-refractivity contribution in [2.45, 2.75) is 31.6 Å². The monoisotopic (exact) mass is 266 g/mol. The summed E-state index contributed by atoms with van der Waals surface area (Å²) in [7, 11) is 0. The van der Waals surface area contributed by atoms with E-state index in [1.165, 1.54) is 4.90 Å². The van der Waals surface area contributed by atoms with E-state index in [0.29, 0.717) is 6.42 Å². The zero-order valence-electron chi connectivity index (χ0n) is 11.2. The Morgan fingerprint density at radius 1 is 1.22 bits per heavy atom. The van der Waals surface area contributed by atoms with Crippen molar-refractivity contribution >= 4 is 23.4 Å². The normalized spacial score (nSPS) is 10.3. The number of nitrogens with two attached hydrogens (primary N) is 1. The highest BCUT2D eigenvalue weighted by Gasteiger charge is 2.08. The van der Waals surface area contributed by atoms with Gasteiger partial charge in [-0.15, -0.1) is 11.8 Å². The van der Waals surface area contributed by atoms with Gasteiger partial charge in [-0.1, -0.05) is 0 Å². The van der Waals surface area contributed by atoms with Gasteiger partial charge in [0.05, 0.1) is 0 Å². The highest BCUT2D eigenvalue weighted by molar-refractivity contribution is 7.99. The zero-order chi connectivity index (χ0) is 13.4. The predicted octanol–water partition coefficient (Wildman–Crippen LogP) is 3.01. The van der Waals surface area contributed by atoms with Crippen molar-refractivity contribution in [2.24, 2.45) is 0 Å². The second-order valence-corrected chi connectivity index (χ2v) is 5.26. The first kappa shape index (κ1) is 14.9. The molecule has 0 unspecified atom stereocenters. The summed E-state index contributed by atoms with van der Waals surface area (Å²) in [6.07, 6.45) is 1.56. The minimum absolute atomic E-state index is 0.262. The molecule has 0 aromatic heterocycles. The maximum Gasteiger partial charge on any atom is 0.222 e. The van der Waals surface area contributed by atoms with Crippen molar-refractivity contribution < 1.29 is 4.79 Å². The summed E-state index contributed by atoms with van der Waals surface area (Å²) in [5, 5.41) is 0. The van der Waals surface area contributed by atoms with E-state index in [9.17, 15) is 4.79 Å². The van der Waals surface area contributed by atoms with Crippen molar-refractivity contribution in [2.75, 3.05) is 24.6 Å². The summed E-state index contributed by atoms with van der Waals surface area (Å²) >= 11 is 1.77. The van der Waals surface area contributed by atoms with Gasteiger partial charge in [-0.2, -0.15) is 0 Å². The van der Waals surface area contributed by atoms with E-state index in [0.717, 1.165) is 31.0 Å². The molecule has 100 valence electrons. The van der Waals surface area contributed by atoms with Crippen LogP contribution in [0.2, 0.25) is 0 Å². The summed E-state index contributed by atoms with van der Waals surface area (Å²) in [5.41, 5.74) is 6.41. The highest BCUT2D eigenvalue weighted by atomic mass is 32.2. The smallest absolute Gasteiger partial charge is 0.222 e. The molecule has 0 saturated carbocycles. The van der Waals surface area contributed by atoms with Gasteiger partial charge in [0.1, 0.15) is 0 Å². The molecule has 18 heavy (non-hydrogen) atoms. The molecule has 4 heteroatoms. The Labute approximate surface area is 114 Å². The second kappa shape index (κ2) is 8.03.